The van der Waals surface area contributed by atoms with Gasteiger partial charge in [-0.15, -0.1) is 0 Å². The van der Waals surface area contributed by atoms with E-state index in [0.29, 0.717) is 5.56 Å². The maximum absolute atomic E-state index is 12.6. The highest BCUT2D eigenvalue weighted by Crippen LogP contribution is 2.46. The molecule has 1 N–H and O–H groups in total. The Hall–Kier alpha value is -2.94. The molecule has 0 aliphatic carbocycles. The molecule has 0 aromatic heterocycles. The molecule has 6 atom stereocenters. The van der Waals surface area contributed by atoms with E-state index < -0.39 is 60.0 Å². The highest BCUT2D eigenvalue weighted by molar-refractivity contribution is 5.94. The standard InChI is InChI=1S/C19H21NO8/c1-9(21)27-16-13(20-17(22)10-7-5-4-6-8-10)14-11(18(23)25-2)12(15(16)28-14)19(24)26-3/h4-8,11-16H,1-3H3,(H,20,22)/t11-,12+,13-,14-,15+,16+/m0/s1. The van der Waals surface area contributed by atoms with E-state index in [1.165, 1.54) is 21.1 Å². The lowest BCUT2D eigenvalue weighted by atomic mass is 9.75. The van der Waals surface area contributed by atoms with E-state index in [2.05, 4.69) is 5.32 Å². The van der Waals surface area contributed by atoms with Crippen molar-refractivity contribution in [3.8, 4) is 0 Å². The first-order chi connectivity index (χ1) is 13.4. The number of esters is 3. The van der Waals surface area contributed by atoms with E-state index in [4.69, 9.17) is 18.9 Å². The Kier molecular flexibility index (Phi) is 5.64. The van der Waals surface area contributed by atoms with Gasteiger partial charge in [-0.3, -0.25) is 19.2 Å². The highest BCUT2D eigenvalue weighted by Gasteiger charge is 2.66. The van der Waals surface area contributed by atoms with Crippen LogP contribution < -0.4 is 5.32 Å². The molecule has 0 unspecified atom stereocenters. The van der Waals surface area contributed by atoms with Crippen LogP contribution in [-0.2, 0) is 33.3 Å². The summed E-state index contributed by atoms with van der Waals surface area (Å²) in [6.07, 6.45) is -2.79. The number of carbonyl (C=O) groups is 4. The van der Waals surface area contributed by atoms with Crippen molar-refractivity contribution in [2.75, 3.05) is 14.2 Å². The molecule has 1 amide bonds. The third-order valence-corrected chi connectivity index (χ3v) is 5.02. The molecule has 3 rings (SSSR count). The van der Waals surface area contributed by atoms with Crippen LogP contribution in [0.5, 0.6) is 0 Å². The van der Waals surface area contributed by atoms with Gasteiger partial charge in [0.05, 0.1) is 26.4 Å². The van der Waals surface area contributed by atoms with Gasteiger partial charge >= 0.3 is 17.9 Å². The largest absolute Gasteiger partial charge is 0.469 e. The number of hydrogen-bond acceptors (Lipinski definition) is 8. The topological polar surface area (TPSA) is 117 Å². The first kappa shape index (κ1) is 19.8. The third kappa shape index (κ3) is 3.45. The molecule has 0 saturated carbocycles. The normalized spacial score (nSPS) is 30.4. The van der Waals surface area contributed by atoms with Crippen LogP contribution in [0.3, 0.4) is 0 Å². The summed E-state index contributed by atoms with van der Waals surface area (Å²) in [4.78, 5) is 48.8. The first-order valence-corrected chi connectivity index (χ1v) is 8.73. The molecular weight excluding hydrogens is 370 g/mol. The average molecular weight is 391 g/mol. The summed E-state index contributed by atoms with van der Waals surface area (Å²) < 4.78 is 20.8. The summed E-state index contributed by atoms with van der Waals surface area (Å²) in [7, 11) is 2.39. The molecular formula is C19H21NO8. The fourth-order valence-corrected chi connectivity index (χ4v) is 3.89. The summed E-state index contributed by atoms with van der Waals surface area (Å²) >= 11 is 0. The monoisotopic (exact) mass is 391 g/mol. The second kappa shape index (κ2) is 7.97. The molecule has 2 saturated heterocycles. The molecule has 9 heteroatoms. The number of fused-ring (bicyclic) bond motifs is 2. The van der Waals surface area contributed by atoms with Crippen LogP contribution >= 0.6 is 0 Å². The molecule has 0 spiro atoms. The minimum absolute atomic E-state index is 0.394. The van der Waals surface area contributed by atoms with Crippen molar-refractivity contribution in [1.29, 1.82) is 0 Å². The van der Waals surface area contributed by atoms with Crippen molar-refractivity contribution in [3.05, 3.63) is 35.9 Å². The summed E-state index contributed by atoms with van der Waals surface area (Å²) in [5, 5.41) is 2.77. The van der Waals surface area contributed by atoms with Crippen LogP contribution in [0.15, 0.2) is 30.3 Å². The van der Waals surface area contributed by atoms with Gasteiger partial charge in [-0.2, -0.15) is 0 Å². The number of nitrogens with one attached hydrogen (secondary N) is 1. The maximum atomic E-state index is 12.6. The lowest BCUT2D eigenvalue weighted by molar-refractivity contribution is -0.164. The van der Waals surface area contributed by atoms with Gasteiger partial charge in [-0.05, 0) is 12.1 Å². The fraction of sp³-hybridized carbons (Fsp3) is 0.474. The van der Waals surface area contributed by atoms with Gasteiger partial charge in [0.25, 0.3) is 5.91 Å². The van der Waals surface area contributed by atoms with Crippen LogP contribution in [0, 0.1) is 11.8 Å². The molecule has 28 heavy (non-hydrogen) atoms. The minimum atomic E-state index is -1.00. The van der Waals surface area contributed by atoms with E-state index in [9.17, 15) is 19.2 Å². The van der Waals surface area contributed by atoms with Crippen molar-refractivity contribution in [3.63, 3.8) is 0 Å². The zero-order chi connectivity index (χ0) is 20.4. The van der Waals surface area contributed by atoms with Crippen molar-refractivity contribution in [2.24, 2.45) is 11.8 Å². The van der Waals surface area contributed by atoms with E-state index in [0.717, 1.165) is 0 Å². The van der Waals surface area contributed by atoms with Crippen LogP contribution in [0.1, 0.15) is 17.3 Å². The van der Waals surface area contributed by atoms with Crippen molar-refractivity contribution >= 4 is 23.8 Å². The SMILES string of the molecule is COC(=O)[C@@H]1[C@@H]2O[C@@H]([C@H](OC(C)=O)[C@H]2NC(=O)c2ccccc2)[C@@H]1C(=O)OC. The van der Waals surface area contributed by atoms with Gasteiger partial charge in [0, 0.05) is 12.5 Å². The Bertz CT molecular complexity index is 779. The molecule has 2 aliphatic heterocycles. The summed E-state index contributed by atoms with van der Waals surface area (Å²) in [6.45, 7) is 1.22. The van der Waals surface area contributed by atoms with Crippen LogP contribution in [0.25, 0.3) is 0 Å². The molecule has 0 radical (unpaired) electrons. The molecule has 2 heterocycles. The predicted octanol–water partition coefficient (Wildman–Crippen LogP) is 0.0761. The Morgan fingerprint density at radius 1 is 0.929 bits per heavy atom. The molecule has 2 aliphatic rings. The molecule has 1 aromatic rings. The smallest absolute Gasteiger partial charge is 0.312 e. The zero-order valence-corrected chi connectivity index (χ0v) is 15.6. The number of amides is 1. The Morgan fingerprint density at radius 3 is 2.04 bits per heavy atom. The highest BCUT2D eigenvalue weighted by atomic mass is 16.6. The summed E-state index contributed by atoms with van der Waals surface area (Å²) in [6, 6.07) is 7.61. The van der Waals surface area contributed by atoms with Gasteiger partial charge in [0.2, 0.25) is 0 Å². The molecule has 2 fully saturated rings. The number of benzene rings is 1. The number of hydrogen-bond donors (Lipinski definition) is 1. The van der Waals surface area contributed by atoms with E-state index in [1.54, 1.807) is 30.3 Å². The predicted molar refractivity (Wildman–Crippen MR) is 92.9 cm³/mol. The Labute approximate surface area is 161 Å². The number of ether oxygens (including phenoxy) is 4. The molecule has 2 bridgehead atoms. The molecule has 150 valence electrons. The second-order valence-electron chi connectivity index (χ2n) is 6.60. The number of methoxy groups -OCH3 is 2. The quantitative estimate of drug-likeness (QED) is 0.554. The van der Waals surface area contributed by atoms with E-state index >= 15 is 0 Å². The third-order valence-electron chi connectivity index (χ3n) is 5.02. The van der Waals surface area contributed by atoms with Gasteiger partial charge in [0.1, 0.15) is 17.9 Å². The Balaban J connectivity index is 1.92. The van der Waals surface area contributed by atoms with Gasteiger partial charge in [-0.25, -0.2) is 0 Å². The van der Waals surface area contributed by atoms with Crippen LogP contribution in [0.4, 0.5) is 0 Å². The number of carbonyl (C=O) groups excluding carboxylic acids is 4. The molecule has 1 aromatic carbocycles. The van der Waals surface area contributed by atoms with E-state index in [-0.39, 0.29) is 0 Å². The molecule has 9 nitrogen and oxygen atoms in total. The summed E-state index contributed by atoms with van der Waals surface area (Å²) in [5.41, 5.74) is 0.394. The van der Waals surface area contributed by atoms with Crippen molar-refractivity contribution < 1.29 is 38.1 Å². The first-order valence-electron chi connectivity index (χ1n) is 8.73. The zero-order valence-electron chi connectivity index (χ0n) is 15.6. The lowest BCUT2D eigenvalue weighted by Gasteiger charge is -2.35. The second-order valence-corrected chi connectivity index (χ2v) is 6.60. The van der Waals surface area contributed by atoms with E-state index in [1.807, 2.05) is 0 Å². The van der Waals surface area contributed by atoms with Crippen LogP contribution in [-0.4, -0.2) is 62.4 Å². The van der Waals surface area contributed by atoms with Gasteiger partial charge < -0.3 is 24.3 Å². The minimum Gasteiger partial charge on any atom is -0.469 e. The summed E-state index contributed by atoms with van der Waals surface area (Å²) in [5.74, 6) is -4.35. The van der Waals surface area contributed by atoms with Crippen molar-refractivity contribution in [2.45, 2.75) is 31.3 Å². The number of rotatable bonds is 5. The fourth-order valence-electron chi connectivity index (χ4n) is 3.89. The average Bonchev–Trinajstić information content (AvgIpc) is 3.23. The van der Waals surface area contributed by atoms with Crippen LogP contribution in [0.2, 0.25) is 0 Å². The van der Waals surface area contributed by atoms with Crippen molar-refractivity contribution in [1.82, 2.24) is 5.32 Å². The van der Waals surface area contributed by atoms with Gasteiger partial charge in [-0.1, -0.05) is 18.2 Å². The lowest BCUT2D eigenvalue weighted by Crippen LogP contribution is -2.59. The van der Waals surface area contributed by atoms with Gasteiger partial charge in [0.15, 0.2) is 6.10 Å². The Morgan fingerprint density at radius 2 is 1.50 bits per heavy atom. The maximum Gasteiger partial charge on any atom is 0.312 e.